The fourth-order valence-corrected chi connectivity index (χ4v) is 12.4. The fraction of sp³-hybridized carbons (Fsp3) is 0.0278. The number of rotatable bonds is 9. The highest BCUT2D eigenvalue weighted by atomic mass is 16.5. The van der Waals surface area contributed by atoms with Gasteiger partial charge in [-0.15, -0.1) is 0 Å². The second-order valence-corrected chi connectivity index (χ2v) is 20.7. The fourth-order valence-electron chi connectivity index (χ4n) is 12.4. The van der Waals surface area contributed by atoms with Crippen LogP contribution in [-0.2, 0) is 0 Å². The minimum atomic E-state index is -0.130. The van der Waals surface area contributed by atoms with Crippen LogP contribution in [0.4, 0.5) is 0 Å². The van der Waals surface area contributed by atoms with Crippen LogP contribution in [0.2, 0.25) is 0 Å². The number of nitrogens with zero attached hydrogens (tertiary/aromatic N) is 8. The van der Waals surface area contributed by atoms with Gasteiger partial charge >= 0.3 is 0 Å². The summed E-state index contributed by atoms with van der Waals surface area (Å²) in [7, 11) is 0. The van der Waals surface area contributed by atoms with E-state index in [-0.39, 0.29) is 12.0 Å². The van der Waals surface area contributed by atoms with Crippen molar-refractivity contribution >= 4 is 49.2 Å². The average Bonchev–Trinajstić information content (AvgIpc) is 4.27. The van der Waals surface area contributed by atoms with Gasteiger partial charge in [-0.3, -0.25) is 29.9 Å². The van der Waals surface area contributed by atoms with Crippen LogP contribution in [-0.4, -0.2) is 45.1 Å². The van der Waals surface area contributed by atoms with Crippen molar-refractivity contribution in [2.75, 3.05) is 0 Å². The van der Waals surface area contributed by atoms with Gasteiger partial charge in [-0.1, -0.05) is 121 Å². The summed E-state index contributed by atoms with van der Waals surface area (Å²) in [6, 6.07) is 70.2. The molecule has 0 fully saturated rings. The highest BCUT2D eigenvalue weighted by Crippen LogP contribution is 2.47. The van der Waals surface area contributed by atoms with Crippen molar-refractivity contribution in [2.24, 2.45) is 0 Å². The van der Waals surface area contributed by atoms with Crippen molar-refractivity contribution in [3.63, 3.8) is 0 Å². The van der Waals surface area contributed by atoms with Crippen LogP contribution in [0, 0.1) is 0 Å². The molecule has 0 radical (unpaired) electrons. The van der Waals surface area contributed by atoms with Gasteiger partial charge in [0.15, 0.2) is 0 Å². The van der Waals surface area contributed by atoms with Gasteiger partial charge in [-0.2, -0.15) is 0 Å². The highest BCUT2D eigenvalue weighted by molar-refractivity contribution is 6.13. The van der Waals surface area contributed by atoms with E-state index in [2.05, 4.69) is 246 Å². The normalized spacial score (nSPS) is 14.5. The molecule has 9 heteroatoms. The van der Waals surface area contributed by atoms with Gasteiger partial charge in [0.25, 0.3) is 0 Å². The lowest BCUT2D eigenvalue weighted by Gasteiger charge is -2.19. The van der Waals surface area contributed by atoms with E-state index in [1.807, 2.05) is 18.6 Å². The summed E-state index contributed by atoms with van der Waals surface area (Å²) in [6.45, 7) is 0. The molecular weight excluding hydrogens is 993 g/mol. The molecule has 0 saturated heterocycles. The third-order valence-electron chi connectivity index (χ3n) is 16.1. The summed E-state index contributed by atoms with van der Waals surface area (Å²) >= 11 is 0. The molecule has 9 nitrogen and oxygen atoms in total. The molecule has 0 amide bonds. The zero-order valence-corrected chi connectivity index (χ0v) is 43.5. The maximum Gasteiger partial charge on any atom is 0.128 e. The molecule has 81 heavy (non-hydrogen) atoms. The van der Waals surface area contributed by atoms with Crippen LogP contribution in [0.25, 0.3) is 128 Å². The molecular formula is C72H46N8O. The minimum Gasteiger partial charge on any atom is -0.485 e. The van der Waals surface area contributed by atoms with Crippen LogP contribution < -0.4 is 4.74 Å². The standard InChI is InChI=1S/C72H46N8O/c1-2-11-52(12-3-1)79-67-23-18-47(37-58(67)60-39-49(19-25-68(60)79)54-13-4-6-15-56(54)65-43-74-30-33-77-65)48-21-27-71-62(38-48)63-41-53(22-28-72(63)81-71)80-69-24-17-46(45-9-8-10-51(35-45)64-42-73-29-32-76-64)36-59(69)61-40-50(20-26-70(61)80)55-14-5-7-16-57(55)66-44-75-31-34-78-66/h1-44,62,71H. The Bertz CT molecular complexity index is 4860. The third-order valence-corrected chi connectivity index (χ3v) is 16.1. The maximum atomic E-state index is 6.77. The molecule has 0 spiro atoms. The van der Waals surface area contributed by atoms with Crippen LogP contribution in [0.5, 0.6) is 5.75 Å². The lowest BCUT2D eigenvalue weighted by atomic mass is 9.86. The molecule has 1 aliphatic carbocycles. The van der Waals surface area contributed by atoms with Crippen LogP contribution in [0.15, 0.2) is 268 Å². The van der Waals surface area contributed by atoms with E-state index < -0.39 is 0 Å². The highest BCUT2D eigenvalue weighted by Gasteiger charge is 2.34. The van der Waals surface area contributed by atoms with Gasteiger partial charge < -0.3 is 13.9 Å². The van der Waals surface area contributed by atoms with Crippen molar-refractivity contribution in [1.82, 2.24) is 39.0 Å². The van der Waals surface area contributed by atoms with E-state index in [0.29, 0.717) is 0 Å². The van der Waals surface area contributed by atoms with E-state index in [4.69, 9.17) is 9.72 Å². The number of hydrogen-bond donors (Lipinski definition) is 0. The number of aromatic nitrogens is 8. The van der Waals surface area contributed by atoms with Gasteiger partial charge in [0, 0.05) is 98.3 Å². The zero-order valence-electron chi connectivity index (χ0n) is 43.5. The Morgan fingerprint density at radius 2 is 0.852 bits per heavy atom. The summed E-state index contributed by atoms with van der Waals surface area (Å²) in [5, 5.41) is 4.65. The summed E-state index contributed by atoms with van der Waals surface area (Å²) in [5.74, 6) is 0.900. The third kappa shape index (κ3) is 7.85. The first-order chi connectivity index (χ1) is 40.1. The predicted molar refractivity (Wildman–Crippen MR) is 325 cm³/mol. The second-order valence-electron chi connectivity index (χ2n) is 20.7. The summed E-state index contributed by atoms with van der Waals surface area (Å²) in [4.78, 5) is 27.2. The molecule has 14 aromatic rings. The summed E-state index contributed by atoms with van der Waals surface area (Å²) in [6.07, 6.45) is 22.6. The molecule has 5 aromatic heterocycles. The Morgan fingerprint density at radius 1 is 0.358 bits per heavy atom. The van der Waals surface area contributed by atoms with Crippen LogP contribution in [0.3, 0.4) is 0 Å². The Balaban J connectivity index is 0.816. The van der Waals surface area contributed by atoms with Crippen LogP contribution in [0.1, 0.15) is 17.0 Å². The Hall–Kier alpha value is -10.9. The minimum absolute atomic E-state index is 0.00374. The number of ether oxygens (including phenoxy) is 1. The molecule has 6 heterocycles. The Morgan fingerprint density at radius 3 is 1.44 bits per heavy atom. The molecule has 0 N–H and O–H groups in total. The van der Waals surface area contributed by atoms with Gasteiger partial charge in [0.05, 0.1) is 57.7 Å². The molecule has 0 saturated carbocycles. The molecule has 2 atom stereocenters. The number of benzene rings is 9. The monoisotopic (exact) mass is 1040 g/mol. The summed E-state index contributed by atoms with van der Waals surface area (Å²) < 4.78 is 11.6. The van der Waals surface area contributed by atoms with Crippen LogP contribution >= 0.6 is 0 Å². The van der Waals surface area contributed by atoms with E-state index in [1.54, 1.807) is 37.2 Å². The topological polar surface area (TPSA) is 96.4 Å². The number of para-hydroxylation sites is 1. The Labute approximate surface area is 466 Å². The molecule has 2 unspecified atom stereocenters. The first-order valence-electron chi connectivity index (χ1n) is 27.2. The van der Waals surface area contributed by atoms with Crippen molar-refractivity contribution in [2.45, 2.75) is 12.0 Å². The number of fused-ring (bicyclic) bond motifs is 9. The van der Waals surface area contributed by atoms with Gasteiger partial charge in [0.1, 0.15) is 11.9 Å². The van der Waals surface area contributed by atoms with Crippen molar-refractivity contribution in [1.29, 1.82) is 0 Å². The summed E-state index contributed by atoms with van der Waals surface area (Å²) in [5.41, 5.74) is 22.4. The van der Waals surface area contributed by atoms with Gasteiger partial charge in [-0.05, 0) is 136 Å². The van der Waals surface area contributed by atoms with E-state index in [9.17, 15) is 0 Å². The SMILES string of the molecule is C1=CC2Oc3ccc(-n4c5ccc(-c6cccc(-c7cnccn7)c6)cc5c5cc(-c6ccccc6-c6cnccn6)ccc54)cc3C2C=C1c1ccc2c(c1)c1cc(-c3ccccc3-c3cnccn3)ccc1n2-c1ccccc1. The molecule has 9 aromatic carbocycles. The predicted octanol–water partition coefficient (Wildman–Crippen LogP) is 16.8. The zero-order chi connectivity index (χ0) is 53.4. The van der Waals surface area contributed by atoms with Crippen molar-refractivity contribution in [3.8, 4) is 84.3 Å². The lowest BCUT2D eigenvalue weighted by molar-refractivity contribution is 0.269. The first kappa shape index (κ1) is 46.2. The van der Waals surface area contributed by atoms with Gasteiger partial charge in [0.2, 0.25) is 0 Å². The number of hydrogen-bond acceptors (Lipinski definition) is 7. The molecule has 16 rings (SSSR count). The van der Waals surface area contributed by atoms with E-state index in [0.717, 1.165) is 134 Å². The molecule has 380 valence electrons. The van der Waals surface area contributed by atoms with E-state index >= 15 is 0 Å². The maximum absolute atomic E-state index is 6.77. The quantitative estimate of drug-likeness (QED) is 0.142. The van der Waals surface area contributed by atoms with E-state index in [1.165, 1.54) is 10.8 Å². The first-order valence-corrected chi connectivity index (χ1v) is 27.2. The molecule has 0 bridgehead atoms. The smallest absolute Gasteiger partial charge is 0.128 e. The van der Waals surface area contributed by atoms with Crippen molar-refractivity contribution in [3.05, 3.63) is 279 Å². The lowest BCUT2D eigenvalue weighted by Crippen LogP contribution is -2.17. The van der Waals surface area contributed by atoms with Crippen molar-refractivity contribution < 1.29 is 4.74 Å². The molecule has 1 aliphatic heterocycles. The largest absolute Gasteiger partial charge is 0.485 e. The van der Waals surface area contributed by atoms with Gasteiger partial charge in [-0.25, -0.2) is 0 Å². The number of allylic oxidation sites excluding steroid dienone is 2. The second kappa shape index (κ2) is 18.9. The molecule has 2 aliphatic rings. The average molecular weight is 1040 g/mol. The Kier molecular flexibility index (Phi) is 10.8.